The molecule has 6 rings (SSSR count). The third kappa shape index (κ3) is 7.01. The van der Waals surface area contributed by atoms with E-state index in [2.05, 4.69) is 19.5 Å². The largest absolute Gasteiger partial charge is 0.494 e. The molecule has 0 spiro atoms. The highest BCUT2D eigenvalue weighted by Gasteiger charge is 2.22. The van der Waals surface area contributed by atoms with Crippen molar-refractivity contribution in [2.75, 3.05) is 39.4 Å². The SMILES string of the molecule is CCOc1ncccc1C(=O)N1CCCCN(C(=O)c2ccc3cc[nH]c3c2)CCCOc2cccc(c2)-c2nccn2CC1. The summed E-state index contributed by atoms with van der Waals surface area (Å²) in [7, 11) is 0. The second kappa shape index (κ2) is 14.1. The van der Waals surface area contributed by atoms with Crippen LogP contribution in [0.4, 0.5) is 0 Å². The zero-order chi connectivity index (χ0) is 31.0. The quantitative estimate of drug-likeness (QED) is 0.283. The van der Waals surface area contributed by atoms with Crippen LogP contribution in [-0.4, -0.2) is 80.5 Å². The van der Waals surface area contributed by atoms with Crippen LogP contribution in [0.5, 0.6) is 11.6 Å². The normalized spacial score (nSPS) is 14.8. The second-order valence-electron chi connectivity index (χ2n) is 11.0. The predicted molar refractivity (Wildman–Crippen MR) is 173 cm³/mol. The first-order valence-corrected chi connectivity index (χ1v) is 15.6. The van der Waals surface area contributed by atoms with Gasteiger partial charge in [0.1, 0.15) is 17.1 Å². The summed E-state index contributed by atoms with van der Waals surface area (Å²) in [6.07, 6.45) is 9.37. The summed E-state index contributed by atoms with van der Waals surface area (Å²) >= 11 is 0. The highest BCUT2D eigenvalue weighted by Crippen LogP contribution is 2.24. The summed E-state index contributed by atoms with van der Waals surface area (Å²) in [5, 5.41) is 1.07. The molecule has 45 heavy (non-hydrogen) atoms. The van der Waals surface area contributed by atoms with Gasteiger partial charge in [0.25, 0.3) is 11.8 Å². The summed E-state index contributed by atoms with van der Waals surface area (Å²) in [6, 6.07) is 19.2. The lowest BCUT2D eigenvalue weighted by atomic mass is 10.1. The van der Waals surface area contributed by atoms with Gasteiger partial charge in [-0.25, -0.2) is 9.97 Å². The molecule has 0 aliphatic carbocycles. The number of benzene rings is 2. The molecule has 0 saturated carbocycles. The average Bonchev–Trinajstić information content (AvgIpc) is 3.74. The maximum absolute atomic E-state index is 13.9. The van der Waals surface area contributed by atoms with Gasteiger partial charge in [0.05, 0.1) is 13.2 Å². The molecule has 2 aromatic carbocycles. The highest BCUT2D eigenvalue weighted by molar-refractivity contribution is 5.98. The number of nitrogens with one attached hydrogen (secondary N) is 1. The highest BCUT2D eigenvalue weighted by atomic mass is 16.5. The first-order valence-electron chi connectivity index (χ1n) is 15.6. The van der Waals surface area contributed by atoms with Crippen molar-refractivity contribution >= 4 is 22.7 Å². The molecule has 3 aromatic heterocycles. The number of fused-ring (bicyclic) bond motifs is 5. The van der Waals surface area contributed by atoms with E-state index in [9.17, 15) is 9.59 Å². The van der Waals surface area contributed by atoms with Crippen LogP contribution in [0.3, 0.4) is 0 Å². The molecule has 10 nitrogen and oxygen atoms in total. The van der Waals surface area contributed by atoms with Gasteiger partial charge >= 0.3 is 0 Å². The molecule has 0 fully saturated rings. The van der Waals surface area contributed by atoms with Gasteiger partial charge in [-0.2, -0.15) is 0 Å². The van der Waals surface area contributed by atoms with E-state index in [4.69, 9.17) is 9.47 Å². The van der Waals surface area contributed by atoms with E-state index >= 15 is 0 Å². The third-order valence-corrected chi connectivity index (χ3v) is 8.02. The predicted octanol–water partition coefficient (Wildman–Crippen LogP) is 5.67. The smallest absolute Gasteiger partial charge is 0.259 e. The number of nitrogens with zero attached hydrogens (tertiary/aromatic N) is 5. The van der Waals surface area contributed by atoms with Crippen molar-refractivity contribution in [2.45, 2.75) is 32.7 Å². The van der Waals surface area contributed by atoms with Crippen LogP contribution in [0.15, 0.2) is 85.5 Å². The van der Waals surface area contributed by atoms with Crippen LogP contribution >= 0.6 is 0 Å². The van der Waals surface area contributed by atoms with Crippen LogP contribution in [0.1, 0.15) is 46.9 Å². The van der Waals surface area contributed by atoms with Gasteiger partial charge in [-0.1, -0.05) is 18.2 Å². The number of hydrogen-bond donors (Lipinski definition) is 1. The molecular formula is C35H38N6O4. The molecule has 10 heteroatoms. The Morgan fingerprint density at radius 1 is 0.867 bits per heavy atom. The Bertz CT molecular complexity index is 1760. The maximum atomic E-state index is 13.9. The molecule has 232 valence electrons. The fourth-order valence-corrected chi connectivity index (χ4v) is 5.72. The lowest BCUT2D eigenvalue weighted by Gasteiger charge is -2.26. The van der Waals surface area contributed by atoms with E-state index in [-0.39, 0.29) is 11.8 Å². The van der Waals surface area contributed by atoms with Crippen molar-refractivity contribution in [2.24, 2.45) is 0 Å². The summed E-state index contributed by atoms with van der Waals surface area (Å²) < 4.78 is 13.9. The minimum Gasteiger partial charge on any atom is -0.494 e. The summed E-state index contributed by atoms with van der Waals surface area (Å²) in [5.41, 5.74) is 2.96. The van der Waals surface area contributed by atoms with Crippen molar-refractivity contribution in [1.82, 2.24) is 29.3 Å². The van der Waals surface area contributed by atoms with E-state index in [0.29, 0.717) is 69.4 Å². The molecule has 1 aliphatic rings. The maximum Gasteiger partial charge on any atom is 0.259 e. The van der Waals surface area contributed by atoms with E-state index in [1.165, 1.54) is 0 Å². The molecule has 0 saturated heterocycles. The van der Waals surface area contributed by atoms with Crippen molar-refractivity contribution in [1.29, 1.82) is 0 Å². The van der Waals surface area contributed by atoms with Gasteiger partial charge in [-0.05, 0) is 74.0 Å². The van der Waals surface area contributed by atoms with Crippen LogP contribution in [0, 0.1) is 0 Å². The number of ether oxygens (including phenoxy) is 2. The second-order valence-corrected chi connectivity index (χ2v) is 11.0. The van der Waals surface area contributed by atoms with Gasteiger partial charge in [-0.15, -0.1) is 0 Å². The van der Waals surface area contributed by atoms with Gasteiger partial charge < -0.3 is 28.8 Å². The number of aromatic nitrogens is 4. The summed E-state index contributed by atoms with van der Waals surface area (Å²) in [6.45, 7) is 5.45. The lowest BCUT2D eigenvalue weighted by Crippen LogP contribution is -2.36. The first-order chi connectivity index (χ1) is 22.1. The Labute approximate surface area is 262 Å². The Kier molecular flexibility index (Phi) is 9.38. The Morgan fingerprint density at radius 3 is 2.58 bits per heavy atom. The van der Waals surface area contributed by atoms with Gasteiger partial charge in [0, 0.05) is 74.2 Å². The van der Waals surface area contributed by atoms with Gasteiger partial charge in [0.15, 0.2) is 0 Å². The zero-order valence-electron chi connectivity index (χ0n) is 25.5. The van der Waals surface area contributed by atoms with Crippen LogP contribution in [0.2, 0.25) is 0 Å². The number of pyridine rings is 1. The number of H-pyrrole nitrogens is 1. The Balaban J connectivity index is 1.26. The van der Waals surface area contributed by atoms with Crippen LogP contribution in [-0.2, 0) is 6.54 Å². The van der Waals surface area contributed by atoms with E-state index in [1.54, 1.807) is 24.5 Å². The molecular weight excluding hydrogens is 568 g/mol. The van der Waals surface area contributed by atoms with E-state index in [1.807, 2.05) is 77.6 Å². The number of hydrogen-bond acceptors (Lipinski definition) is 6. The van der Waals surface area contributed by atoms with Gasteiger partial charge in [-0.3, -0.25) is 9.59 Å². The monoisotopic (exact) mass is 606 g/mol. The molecule has 2 amide bonds. The molecule has 0 atom stereocenters. The molecule has 2 bridgehead atoms. The fourth-order valence-electron chi connectivity index (χ4n) is 5.72. The number of carbonyl (C=O) groups is 2. The molecule has 1 aliphatic heterocycles. The van der Waals surface area contributed by atoms with Crippen molar-refractivity contribution < 1.29 is 19.1 Å². The summed E-state index contributed by atoms with van der Waals surface area (Å²) in [4.78, 5) is 43.5. The number of aromatic amines is 1. The van der Waals surface area contributed by atoms with Crippen LogP contribution < -0.4 is 9.47 Å². The van der Waals surface area contributed by atoms with Crippen molar-refractivity contribution in [3.63, 3.8) is 0 Å². The molecule has 1 N–H and O–H groups in total. The van der Waals surface area contributed by atoms with Gasteiger partial charge in [0.2, 0.25) is 5.88 Å². The van der Waals surface area contributed by atoms with E-state index < -0.39 is 0 Å². The average molecular weight is 607 g/mol. The lowest BCUT2D eigenvalue weighted by molar-refractivity contribution is 0.0711. The minimum absolute atomic E-state index is 0.0125. The topological polar surface area (TPSA) is 106 Å². The molecule has 4 heterocycles. The minimum atomic E-state index is -0.131. The number of carbonyl (C=O) groups excluding carboxylic acids is 2. The van der Waals surface area contributed by atoms with Crippen molar-refractivity contribution in [3.8, 4) is 23.0 Å². The molecule has 0 unspecified atom stereocenters. The summed E-state index contributed by atoms with van der Waals surface area (Å²) in [5.74, 6) is 1.75. The standard InChI is InChI=1S/C35H38N6O4/c1-2-44-33-30(10-6-14-38-33)35(43)41-18-4-3-17-40(34(42)28-12-11-26-13-15-36-31(26)25-28)19-7-23-45-29-9-5-8-27(24-29)32-37-16-20-39(32)21-22-41/h5-6,8-16,20,24-25,36H,2-4,7,17-19,21-23H2,1H3. The third-order valence-electron chi connectivity index (χ3n) is 8.02. The Morgan fingerprint density at radius 2 is 1.71 bits per heavy atom. The Hall–Kier alpha value is -5.12. The number of amides is 2. The first kappa shape index (κ1) is 29.9. The molecule has 0 radical (unpaired) electrons. The van der Waals surface area contributed by atoms with Crippen LogP contribution in [0.25, 0.3) is 22.3 Å². The zero-order valence-corrected chi connectivity index (χ0v) is 25.5. The fraction of sp³-hybridized carbons (Fsp3) is 0.314. The number of rotatable bonds is 4. The van der Waals surface area contributed by atoms with E-state index in [0.717, 1.165) is 40.9 Å². The van der Waals surface area contributed by atoms with Crippen molar-refractivity contribution in [3.05, 3.63) is 96.6 Å². The molecule has 5 aromatic rings. The number of imidazole rings is 1.